The van der Waals surface area contributed by atoms with Crippen molar-refractivity contribution in [3.05, 3.63) is 32.8 Å². The van der Waals surface area contributed by atoms with Crippen LogP contribution < -0.4 is 5.56 Å². The van der Waals surface area contributed by atoms with Crippen LogP contribution in [0.2, 0.25) is 0 Å². The number of nitrogens with one attached hydrogen (secondary N) is 1. The van der Waals surface area contributed by atoms with Crippen LogP contribution in [0.4, 0.5) is 0 Å². The molecule has 0 aliphatic rings. The second kappa shape index (κ2) is 2.92. The highest BCUT2D eigenvalue weighted by Crippen LogP contribution is 2.19. The molecule has 2 aromatic rings. The van der Waals surface area contributed by atoms with Crippen molar-refractivity contribution in [1.82, 2.24) is 15.0 Å². The highest BCUT2D eigenvalue weighted by atomic mass is 79.9. The standard InChI is InChI=1S/C8H6BrN3O/c1-4-5(9)2-11-8-7(4)10-3-6(13)12-8/h2-3H,1H3,(H,11,12,13). The minimum Gasteiger partial charge on any atom is -0.304 e. The maximum atomic E-state index is 10.9. The molecular formula is C8H6BrN3O. The molecule has 1 N–H and O–H groups in total. The Labute approximate surface area is 82.2 Å². The Hall–Kier alpha value is -1.23. The molecule has 2 rings (SSSR count). The number of nitrogens with zero attached hydrogens (tertiary/aromatic N) is 2. The lowest BCUT2D eigenvalue weighted by atomic mass is 10.2. The largest absolute Gasteiger partial charge is 0.304 e. The second-order valence-corrected chi connectivity index (χ2v) is 3.53. The van der Waals surface area contributed by atoms with Crippen molar-refractivity contribution in [1.29, 1.82) is 0 Å². The number of hydrogen-bond donors (Lipinski definition) is 1. The lowest BCUT2D eigenvalue weighted by Gasteiger charge is -2.00. The molecule has 0 radical (unpaired) electrons. The van der Waals surface area contributed by atoms with E-state index in [0.29, 0.717) is 11.2 Å². The number of halogens is 1. The van der Waals surface area contributed by atoms with Crippen molar-refractivity contribution in [2.45, 2.75) is 6.92 Å². The summed E-state index contributed by atoms with van der Waals surface area (Å²) in [6.45, 7) is 1.92. The van der Waals surface area contributed by atoms with Crippen LogP contribution in [-0.4, -0.2) is 15.0 Å². The molecule has 5 heteroatoms. The first kappa shape index (κ1) is 8.37. The van der Waals surface area contributed by atoms with Gasteiger partial charge < -0.3 is 4.98 Å². The van der Waals surface area contributed by atoms with Crippen molar-refractivity contribution in [2.75, 3.05) is 0 Å². The van der Waals surface area contributed by atoms with Crippen LogP contribution in [-0.2, 0) is 0 Å². The van der Waals surface area contributed by atoms with Crippen molar-refractivity contribution < 1.29 is 0 Å². The molecule has 2 heterocycles. The topological polar surface area (TPSA) is 58.6 Å². The van der Waals surface area contributed by atoms with E-state index < -0.39 is 0 Å². The molecule has 0 aliphatic carbocycles. The number of aromatic amines is 1. The summed E-state index contributed by atoms with van der Waals surface area (Å²) < 4.78 is 0.888. The Balaban J connectivity index is 2.95. The smallest absolute Gasteiger partial charge is 0.268 e. The van der Waals surface area contributed by atoms with Gasteiger partial charge in [0.2, 0.25) is 0 Å². The van der Waals surface area contributed by atoms with E-state index in [2.05, 4.69) is 30.9 Å². The molecule has 0 spiro atoms. The van der Waals surface area contributed by atoms with E-state index in [1.807, 2.05) is 6.92 Å². The fraction of sp³-hybridized carbons (Fsp3) is 0.125. The third kappa shape index (κ3) is 1.35. The first-order valence-corrected chi connectivity index (χ1v) is 4.48. The summed E-state index contributed by atoms with van der Waals surface area (Å²) in [5, 5.41) is 0. The summed E-state index contributed by atoms with van der Waals surface area (Å²) in [5.74, 6) is 0. The number of aryl methyl sites for hydroxylation is 1. The fourth-order valence-electron chi connectivity index (χ4n) is 1.09. The minimum absolute atomic E-state index is 0.235. The van der Waals surface area contributed by atoms with Crippen LogP contribution in [0.25, 0.3) is 11.2 Å². The molecule has 0 saturated carbocycles. The Kier molecular flexibility index (Phi) is 1.88. The van der Waals surface area contributed by atoms with Crippen LogP contribution in [0.3, 0.4) is 0 Å². The summed E-state index contributed by atoms with van der Waals surface area (Å²) >= 11 is 3.34. The quantitative estimate of drug-likeness (QED) is 0.756. The highest BCUT2D eigenvalue weighted by molar-refractivity contribution is 9.10. The fourth-order valence-corrected chi connectivity index (χ4v) is 1.38. The normalized spacial score (nSPS) is 10.6. The number of H-pyrrole nitrogens is 1. The summed E-state index contributed by atoms with van der Waals surface area (Å²) in [6, 6.07) is 0. The Morgan fingerprint density at radius 1 is 1.38 bits per heavy atom. The van der Waals surface area contributed by atoms with Crippen molar-refractivity contribution in [2.24, 2.45) is 0 Å². The lowest BCUT2D eigenvalue weighted by molar-refractivity contribution is 1.15. The predicted molar refractivity (Wildman–Crippen MR) is 52.6 cm³/mol. The molecule has 4 nitrogen and oxygen atoms in total. The van der Waals surface area contributed by atoms with Crippen molar-refractivity contribution in [3.63, 3.8) is 0 Å². The van der Waals surface area contributed by atoms with Crippen LogP contribution >= 0.6 is 15.9 Å². The molecule has 0 aromatic carbocycles. The van der Waals surface area contributed by atoms with Gasteiger partial charge in [0.25, 0.3) is 5.56 Å². The summed E-state index contributed by atoms with van der Waals surface area (Å²) in [4.78, 5) is 21.6. The van der Waals surface area contributed by atoms with Gasteiger partial charge >= 0.3 is 0 Å². The maximum absolute atomic E-state index is 10.9. The van der Waals surface area contributed by atoms with Crippen LogP contribution in [0.5, 0.6) is 0 Å². The van der Waals surface area contributed by atoms with Gasteiger partial charge in [0.15, 0.2) is 5.65 Å². The van der Waals surface area contributed by atoms with Crippen LogP contribution in [0.1, 0.15) is 5.56 Å². The van der Waals surface area contributed by atoms with Gasteiger partial charge in [-0.1, -0.05) is 0 Å². The third-order valence-electron chi connectivity index (χ3n) is 1.80. The van der Waals surface area contributed by atoms with E-state index in [1.165, 1.54) is 6.20 Å². The number of aromatic nitrogens is 3. The van der Waals surface area contributed by atoms with Crippen LogP contribution in [0.15, 0.2) is 21.7 Å². The van der Waals surface area contributed by atoms with Gasteiger partial charge in [0.05, 0.1) is 6.20 Å². The van der Waals surface area contributed by atoms with Gasteiger partial charge in [-0.25, -0.2) is 9.97 Å². The minimum atomic E-state index is -0.235. The van der Waals surface area contributed by atoms with Crippen LogP contribution in [0, 0.1) is 6.92 Å². The number of hydrogen-bond acceptors (Lipinski definition) is 3. The second-order valence-electron chi connectivity index (χ2n) is 2.68. The molecule has 13 heavy (non-hydrogen) atoms. The van der Waals surface area contributed by atoms with Crippen molar-refractivity contribution in [3.8, 4) is 0 Å². The van der Waals surface area contributed by atoms with E-state index in [0.717, 1.165) is 10.0 Å². The number of rotatable bonds is 0. The van der Waals surface area contributed by atoms with E-state index >= 15 is 0 Å². The average Bonchev–Trinajstić information content (AvgIpc) is 2.12. The first-order chi connectivity index (χ1) is 6.18. The third-order valence-corrected chi connectivity index (χ3v) is 2.60. The van der Waals surface area contributed by atoms with Gasteiger partial charge in [-0.2, -0.15) is 0 Å². The van der Waals surface area contributed by atoms with E-state index in [4.69, 9.17) is 0 Å². The maximum Gasteiger partial charge on any atom is 0.268 e. The monoisotopic (exact) mass is 239 g/mol. The molecule has 0 bridgehead atoms. The summed E-state index contributed by atoms with van der Waals surface area (Å²) in [5.41, 5.74) is 1.98. The Bertz CT molecular complexity index is 520. The number of pyridine rings is 1. The molecule has 0 fully saturated rings. The molecule has 0 saturated heterocycles. The number of fused-ring (bicyclic) bond motifs is 1. The van der Waals surface area contributed by atoms with E-state index in [-0.39, 0.29) is 5.56 Å². The van der Waals surface area contributed by atoms with E-state index in [1.54, 1.807) is 6.20 Å². The zero-order valence-corrected chi connectivity index (χ0v) is 8.42. The summed E-state index contributed by atoms with van der Waals surface area (Å²) in [6.07, 6.45) is 2.90. The SMILES string of the molecule is Cc1c(Br)cnc2[nH]c(=O)cnc12. The molecule has 0 unspecified atom stereocenters. The van der Waals surface area contributed by atoms with Gasteiger partial charge in [0, 0.05) is 10.7 Å². The molecule has 0 atom stereocenters. The zero-order chi connectivity index (χ0) is 9.42. The molecular weight excluding hydrogens is 234 g/mol. The highest BCUT2D eigenvalue weighted by Gasteiger charge is 2.03. The van der Waals surface area contributed by atoms with Gasteiger partial charge in [0.1, 0.15) is 5.52 Å². The van der Waals surface area contributed by atoms with E-state index in [9.17, 15) is 4.79 Å². The van der Waals surface area contributed by atoms with Gasteiger partial charge in [-0.15, -0.1) is 0 Å². The van der Waals surface area contributed by atoms with Crippen molar-refractivity contribution >= 4 is 27.1 Å². The zero-order valence-electron chi connectivity index (χ0n) is 6.84. The lowest BCUT2D eigenvalue weighted by Crippen LogP contribution is -2.06. The summed E-state index contributed by atoms with van der Waals surface area (Å²) in [7, 11) is 0. The predicted octanol–water partition coefficient (Wildman–Crippen LogP) is 1.39. The average molecular weight is 240 g/mol. The van der Waals surface area contributed by atoms with Gasteiger partial charge in [-0.05, 0) is 28.4 Å². The Morgan fingerprint density at radius 3 is 2.92 bits per heavy atom. The molecule has 66 valence electrons. The molecule has 2 aromatic heterocycles. The molecule has 0 amide bonds. The first-order valence-electron chi connectivity index (χ1n) is 3.68. The Morgan fingerprint density at radius 2 is 2.15 bits per heavy atom. The molecule has 0 aliphatic heterocycles. The van der Waals surface area contributed by atoms with Gasteiger partial charge in [-0.3, -0.25) is 4.79 Å².